The first-order chi connectivity index (χ1) is 13.7. The predicted molar refractivity (Wildman–Crippen MR) is 124 cm³/mol. The Balaban J connectivity index is 0.00000300. The summed E-state index contributed by atoms with van der Waals surface area (Å²) >= 11 is 12.7. The Bertz CT molecular complexity index is 762. The van der Waals surface area contributed by atoms with Crippen molar-refractivity contribution in [2.75, 3.05) is 7.11 Å². The molecule has 160 valence electrons. The normalized spacial score (nSPS) is 15.1. The standard InChI is InChI=1S/C23H29Cl2NO2.ClH/c1-27-22-14-17(15-26-19-10-5-3-2-4-6-11-19)13-21(25)23(22)28-16-18-9-7-8-12-20(18)24;/h7-9,12-14,19,26H,2-6,10-11,15-16H2,1H3;1H. The maximum Gasteiger partial charge on any atom is 0.180 e. The van der Waals surface area contributed by atoms with Gasteiger partial charge in [0.2, 0.25) is 0 Å². The Morgan fingerprint density at radius 1 is 0.966 bits per heavy atom. The molecule has 0 unspecified atom stereocenters. The summed E-state index contributed by atoms with van der Waals surface area (Å²) in [4.78, 5) is 0. The first kappa shape index (κ1) is 24.1. The Morgan fingerprint density at radius 2 is 1.66 bits per heavy atom. The Hall–Kier alpha value is -1.13. The summed E-state index contributed by atoms with van der Waals surface area (Å²) < 4.78 is 11.5. The summed E-state index contributed by atoms with van der Waals surface area (Å²) in [6.45, 7) is 1.13. The molecule has 2 aromatic carbocycles. The Morgan fingerprint density at radius 3 is 2.34 bits per heavy atom. The van der Waals surface area contributed by atoms with Gasteiger partial charge in [-0.3, -0.25) is 0 Å². The van der Waals surface area contributed by atoms with Gasteiger partial charge in [-0.05, 0) is 36.6 Å². The van der Waals surface area contributed by atoms with Crippen LogP contribution in [0.3, 0.4) is 0 Å². The molecule has 0 aliphatic heterocycles. The smallest absolute Gasteiger partial charge is 0.180 e. The zero-order valence-corrected chi connectivity index (χ0v) is 19.2. The van der Waals surface area contributed by atoms with Crippen molar-refractivity contribution < 1.29 is 9.47 Å². The topological polar surface area (TPSA) is 30.5 Å². The molecule has 0 aromatic heterocycles. The van der Waals surface area contributed by atoms with Gasteiger partial charge >= 0.3 is 0 Å². The van der Waals surface area contributed by atoms with Crippen molar-refractivity contribution in [1.82, 2.24) is 5.32 Å². The highest BCUT2D eigenvalue weighted by Gasteiger charge is 2.15. The van der Waals surface area contributed by atoms with Crippen LogP contribution in [0, 0.1) is 0 Å². The lowest BCUT2D eigenvalue weighted by atomic mass is 9.96. The van der Waals surface area contributed by atoms with Gasteiger partial charge in [0.25, 0.3) is 0 Å². The van der Waals surface area contributed by atoms with Crippen LogP contribution in [0.2, 0.25) is 10.0 Å². The minimum absolute atomic E-state index is 0. The largest absolute Gasteiger partial charge is 0.493 e. The zero-order chi connectivity index (χ0) is 19.8. The van der Waals surface area contributed by atoms with E-state index in [1.54, 1.807) is 7.11 Å². The molecule has 3 nitrogen and oxygen atoms in total. The van der Waals surface area contributed by atoms with Crippen LogP contribution < -0.4 is 14.8 Å². The fourth-order valence-corrected chi connectivity index (χ4v) is 4.18. The molecule has 0 bridgehead atoms. The van der Waals surface area contributed by atoms with Gasteiger partial charge in [0.1, 0.15) is 6.61 Å². The first-order valence-electron chi connectivity index (χ1n) is 10.1. The van der Waals surface area contributed by atoms with Crippen LogP contribution in [0.1, 0.15) is 56.1 Å². The molecule has 1 aliphatic carbocycles. The maximum absolute atomic E-state index is 6.52. The van der Waals surface area contributed by atoms with Crippen molar-refractivity contribution in [3.63, 3.8) is 0 Å². The van der Waals surface area contributed by atoms with Crippen molar-refractivity contribution >= 4 is 35.6 Å². The second-order valence-corrected chi connectivity index (χ2v) is 8.23. The van der Waals surface area contributed by atoms with E-state index >= 15 is 0 Å². The van der Waals surface area contributed by atoms with E-state index < -0.39 is 0 Å². The number of halogens is 3. The van der Waals surface area contributed by atoms with Gasteiger partial charge in [0.05, 0.1) is 12.1 Å². The highest BCUT2D eigenvalue weighted by molar-refractivity contribution is 6.32. The lowest BCUT2D eigenvalue weighted by Crippen LogP contribution is -2.29. The van der Waals surface area contributed by atoms with Gasteiger partial charge in [-0.15, -0.1) is 12.4 Å². The summed E-state index contributed by atoms with van der Waals surface area (Å²) in [5, 5.41) is 4.93. The van der Waals surface area contributed by atoms with Gasteiger partial charge in [0.15, 0.2) is 11.5 Å². The molecule has 1 fully saturated rings. The molecule has 0 amide bonds. The maximum atomic E-state index is 6.52. The molecule has 2 aromatic rings. The summed E-state index contributed by atoms with van der Waals surface area (Å²) in [7, 11) is 1.64. The van der Waals surface area contributed by atoms with Crippen molar-refractivity contribution in [3.8, 4) is 11.5 Å². The molecule has 3 rings (SSSR count). The van der Waals surface area contributed by atoms with E-state index in [0.717, 1.165) is 17.7 Å². The second kappa shape index (κ2) is 12.5. The molecule has 29 heavy (non-hydrogen) atoms. The number of ether oxygens (including phenoxy) is 2. The van der Waals surface area contributed by atoms with Gasteiger partial charge in [-0.1, -0.05) is 73.5 Å². The van der Waals surface area contributed by atoms with Crippen molar-refractivity contribution in [2.45, 2.75) is 64.1 Å². The van der Waals surface area contributed by atoms with Crippen LogP contribution >= 0.6 is 35.6 Å². The number of methoxy groups -OCH3 is 1. The van der Waals surface area contributed by atoms with Gasteiger partial charge < -0.3 is 14.8 Å². The second-order valence-electron chi connectivity index (χ2n) is 7.41. The molecule has 1 aliphatic rings. The molecule has 0 heterocycles. The zero-order valence-electron chi connectivity index (χ0n) is 16.9. The van der Waals surface area contributed by atoms with Crippen LogP contribution in [-0.2, 0) is 13.2 Å². The van der Waals surface area contributed by atoms with Crippen molar-refractivity contribution in [3.05, 3.63) is 57.6 Å². The molecule has 0 atom stereocenters. The molecular formula is C23H30Cl3NO2. The fraction of sp³-hybridized carbons (Fsp3) is 0.478. The van der Waals surface area contributed by atoms with Crippen LogP contribution in [0.5, 0.6) is 11.5 Å². The molecule has 0 radical (unpaired) electrons. The van der Waals surface area contributed by atoms with Crippen LogP contribution in [0.25, 0.3) is 0 Å². The highest BCUT2D eigenvalue weighted by Crippen LogP contribution is 2.37. The van der Waals surface area contributed by atoms with E-state index in [1.165, 1.54) is 44.9 Å². The minimum atomic E-state index is 0. The summed E-state index contributed by atoms with van der Waals surface area (Å²) in [5.41, 5.74) is 2.02. The highest BCUT2D eigenvalue weighted by atomic mass is 35.5. The molecule has 0 saturated heterocycles. The van der Waals surface area contributed by atoms with E-state index in [1.807, 2.05) is 36.4 Å². The Labute approximate surface area is 190 Å². The van der Waals surface area contributed by atoms with E-state index in [2.05, 4.69) is 5.32 Å². The molecular weight excluding hydrogens is 429 g/mol. The SMILES string of the molecule is COc1cc(CNC2CCCCCCC2)cc(Cl)c1OCc1ccccc1Cl.Cl. The van der Waals surface area contributed by atoms with Gasteiger partial charge in [-0.25, -0.2) is 0 Å². The third-order valence-electron chi connectivity index (χ3n) is 5.32. The number of hydrogen-bond donors (Lipinski definition) is 1. The summed E-state index contributed by atoms with van der Waals surface area (Å²) in [6, 6.07) is 12.2. The molecule has 0 spiro atoms. The van der Waals surface area contributed by atoms with Gasteiger partial charge in [0, 0.05) is 23.2 Å². The molecule has 6 heteroatoms. The average molecular weight is 459 g/mol. The molecule has 1 N–H and O–H groups in total. The van der Waals surface area contributed by atoms with Gasteiger partial charge in [-0.2, -0.15) is 0 Å². The van der Waals surface area contributed by atoms with Crippen molar-refractivity contribution in [2.24, 2.45) is 0 Å². The summed E-state index contributed by atoms with van der Waals surface area (Å²) in [6.07, 6.45) is 9.24. The summed E-state index contributed by atoms with van der Waals surface area (Å²) in [5.74, 6) is 1.20. The molecule has 1 saturated carbocycles. The van der Waals surface area contributed by atoms with E-state index in [-0.39, 0.29) is 12.4 Å². The van der Waals surface area contributed by atoms with Crippen LogP contribution in [0.4, 0.5) is 0 Å². The van der Waals surface area contributed by atoms with Crippen LogP contribution in [0.15, 0.2) is 36.4 Å². The fourth-order valence-electron chi connectivity index (χ4n) is 3.70. The predicted octanol–water partition coefficient (Wildman–Crippen LogP) is 7.21. The van der Waals surface area contributed by atoms with E-state index in [9.17, 15) is 0 Å². The number of hydrogen-bond acceptors (Lipinski definition) is 3. The number of nitrogens with one attached hydrogen (secondary N) is 1. The van der Waals surface area contributed by atoms with E-state index in [4.69, 9.17) is 32.7 Å². The third-order valence-corrected chi connectivity index (χ3v) is 5.97. The quantitative estimate of drug-likeness (QED) is 0.475. The van der Waals surface area contributed by atoms with Crippen molar-refractivity contribution in [1.29, 1.82) is 0 Å². The lowest BCUT2D eigenvalue weighted by Gasteiger charge is -2.21. The number of rotatable bonds is 7. The first-order valence-corrected chi connectivity index (χ1v) is 10.9. The Kier molecular flexibility index (Phi) is 10.4. The third kappa shape index (κ3) is 7.25. The van der Waals surface area contributed by atoms with E-state index in [0.29, 0.717) is 34.2 Å². The number of benzene rings is 2. The monoisotopic (exact) mass is 457 g/mol. The lowest BCUT2D eigenvalue weighted by molar-refractivity contribution is 0.284. The van der Waals surface area contributed by atoms with Crippen LogP contribution in [-0.4, -0.2) is 13.2 Å². The average Bonchev–Trinajstić information content (AvgIpc) is 2.67. The minimum Gasteiger partial charge on any atom is -0.493 e.